The maximum atomic E-state index is 9.41. The van der Waals surface area contributed by atoms with Gasteiger partial charge in [0.2, 0.25) is 0 Å². The average molecular weight is 245 g/mol. The summed E-state index contributed by atoms with van der Waals surface area (Å²) >= 11 is 0. The van der Waals surface area contributed by atoms with Crippen LogP contribution < -0.4 is 5.32 Å². The molecule has 0 aliphatic rings. The average Bonchev–Trinajstić information content (AvgIpc) is 2.81. The molecule has 1 aromatic heterocycles. The van der Waals surface area contributed by atoms with Crippen LogP contribution in [0.3, 0.4) is 0 Å². The molecule has 1 atom stereocenters. The van der Waals surface area contributed by atoms with Crippen molar-refractivity contribution in [1.82, 2.24) is 14.9 Å². The monoisotopic (exact) mass is 245 g/mol. The van der Waals surface area contributed by atoms with Gasteiger partial charge in [-0.2, -0.15) is 0 Å². The normalized spacial score (nSPS) is 12.6. The van der Waals surface area contributed by atoms with Crippen LogP contribution in [0.4, 0.5) is 0 Å². The Labute approximate surface area is 107 Å². The van der Waals surface area contributed by atoms with Crippen molar-refractivity contribution in [3.05, 3.63) is 54.1 Å². The molecule has 1 unspecified atom stereocenters. The Kier molecular flexibility index (Phi) is 4.50. The van der Waals surface area contributed by atoms with Crippen LogP contribution in [0.5, 0.6) is 0 Å². The number of hydrogen-bond donors (Lipinski definition) is 2. The third-order valence-corrected chi connectivity index (χ3v) is 3.05. The number of rotatable bonds is 6. The molecule has 1 aromatic carbocycles. The van der Waals surface area contributed by atoms with Gasteiger partial charge in [0.15, 0.2) is 0 Å². The fourth-order valence-electron chi connectivity index (χ4n) is 1.97. The highest BCUT2D eigenvalue weighted by molar-refractivity contribution is 5.18. The quantitative estimate of drug-likeness (QED) is 0.811. The number of aliphatic hydroxyl groups excluding tert-OH is 1. The van der Waals surface area contributed by atoms with Gasteiger partial charge in [-0.25, -0.2) is 4.98 Å². The zero-order valence-corrected chi connectivity index (χ0v) is 10.6. The van der Waals surface area contributed by atoms with E-state index in [4.69, 9.17) is 0 Å². The number of aromatic nitrogens is 2. The molecule has 2 N–H and O–H groups in total. The molecule has 2 rings (SSSR count). The number of benzene rings is 1. The third-order valence-electron chi connectivity index (χ3n) is 3.05. The lowest BCUT2D eigenvalue weighted by Crippen LogP contribution is -2.27. The second-order valence-electron chi connectivity index (χ2n) is 4.27. The Morgan fingerprint density at radius 1 is 1.33 bits per heavy atom. The highest BCUT2D eigenvalue weighted by Crippen LogP contribution is 2.11. The number of hydrogen-bond acceptors (Lipinski definition) is 3. The van der Waals surface area contributed by atoms with Crippen LogP contribution in [0.15, 0.2) is 42.7 Å². The highest BCUT2D eigenvalue weighted by Gasteiger charge is 2.08. The van der Waals surface area contributed by atoms with Crippen molar-refractivity contribution >= 4 is 0 Å². The van der Waals surface area contributed by atoms with Gasteiger partial charge in [0.1, 0.15) is 5.82 Å². The van der Waals surface area contributed by atoms with Crippen LogP contribution in [-0.2, 0) is 6.54 Å². The van der Waals surface area contributed by atoms with E-state index in [9.17, 15) is 5.11 Å². The molecule has 0 fully saturated rings. The van der Waals surface area contributed by atoms with Gasteiger partial charge in [0, 0.05) is 25.5 Å². The van der Waals surface area contributed by atoms with E-state index in [0.29, 0.717) is 0 Å². The molecule has 0 saturated carbocycles. The predicted molar refractivity (Wildman–Crippen MR) is 71.2 cm³/mol. The van der Waals surface area contributed by atoms with Crippen LogP contribution in [0.2, 0.25) is 0 Å². The van der Waals surface area contributed by atoms with Gasteiger partial charge in [-0.3, -0.25) is 0 Å². The summed E-state index contributed by atoms with van der Waals surface area (Å²) in [5.41, 5.74) is 1.11. The molecule has 0 amide bonds. The molecule has 18 heavy (non-hydrogen) atoms. The summed E-state index contributed by atoms with van der Waals surface area (Å²) in [5, 5.41) is 12.8. The lowest BCUT2D eigenvalue weighted by molar-refractivity contribution is 0.243. The molecule has 0 aliphatic carbocycles. The minimum atomic E-state index is -0.00460. The zero-order valence-electron chi connectivity index (χ0n) is 10.6. The Hall–Kier alpha value is -1.65. The minimum absolute atomic E-state index is 0.00460. The van der Waals surface area contributed by atoms with Crippen molar-refractivity contribution in [2.45, 2.75) is 19.5 Å². The molecule has 0 aliphatic heterocycles. The van der Waals surface area contributed by atoms with Crippen molar-refractivity contribution in [2.24, 2.45) is 0 Å². The van der Waals surface area contributed by atoms with Gasteiger partial charge in [-0.05, 0) is 12.5 Å². The van der Waals surface area contributed by atoms with Crippen molar-refractivity contribution < 1.29 is 5.11 Å². The van der Waals surface area contributed by atoms with Gasteiger partial charge in [0.05, 0.1) is 12.6 Å². The molecule has 4 nitrogen and oxygen atoms in total. The summed E-state index contributed by atoms with van der Waals surface area (Å²) in [6, 6.07) is 9.99. The van der Waals surface area contributed by atoms with Crippen LogP contribution in [-0.4, -0.2) is 27.8 Å². The largest absolute Gasteiger partial charge is 0.394 e. The van der Waals surface area contributed by atoms with Gasteiger partial charge in [0.25, 0.3) is 0 Å². The summed E-state index contributed by atoms with van der Waals surface area (Å²) in [6.45, 7) is 3.75. The Balaban J connectivity index is 1.87. The van der Waals surface area contributed by atoms with Gasteiger partial charge >= 0.3 is 0 Å². The first kappa shape index (κ1) is 12.8. The summed E-state index contributed by atoms with van der Waals surface area (Å²) in [4.78, 5) is 4.18. The molecule has 1 heterocycles. The highest BCUT2D eigenvalue weighted by atomic mass is 16.3. The van der Waals surface area contributed by atoms with Crippen molar-refractivity contribution in [3.8, 4) is 0 Å². The Bertz CT molecular complexity index is 467. The van der Waals surface area contributed by atoms with Crippen molar-refractivity contribution in [2.75, 3.05) is 13.2 Å². The third kappa shape index (κ3) is 3.18. The molecular formula is C14H19N3O. The van der Waals surface area contributed by atoms with Crippen LogP contribution in [0, 0.1) is 6.92 Å². The van der Waals surface area contributed by atoms with E-state index in [0.717, 1.165) is 24.5 Å². The smallest absolute Gasteiger partial charge is 0.105 e. The Morgan fingerprint density at radius 3 is 2.72 bits per heavy atom. The second-order valence-corrected chi connectivity index (χ2v) is 4.27. The second kappa shape index (κ2) is 6.33. The predicted octanol–water partition coefficient (Wildman–Crippen LogP) is 1.51. The molecule has 96 valence electrons. The fourth-order valence-corrected chi connectivity index (χ4v) is 1.97. The molecule has 0 saturated heterocycles. The minimum Gasteiger partial charge on any atom is -0.394 e. The molecular weight excluding hydrogens is 226 g/mol. The van der Waals surface area contributed by atoms with Crippen LogP contribution in [0.1, 0.15) is 17.4 Å². The van der Waals surface area contributed by atoms with E-state index < -0.39 is 0 Å². The fraction of sp³-hybridized carbons (Fsp3) is 0.357. The molecule has 4 heteroatoms. The van der Waals surface area contributed by atoms with Gasteiger partial charge in [-0.15, -0.1) is 0 Å². The number of nitrogens with zero attached hydrogens (tertiary/aromatic N) is 2. The van der Waals surface area contributed by atoms with E-state index >= 15 is 0 Å². The lowest BCUT2D eigenvalue weighted by atomic mass is 10.1. The molecule has 2 aromatic rings. The van der Waals surface area contributed by atoms with E-state index in [1.807, 2.05) is 43.5 Å². The first-order valence-electron chi connectivity index (χ1n) is 6.18. The van der Waals surface area contributed by atoms with Crippen LogP contribution >= 0.6 is 0 Å². The zero-order chi connectivity index (χ0) is 12.8. The summed E-state index contributed by atoms with van der Waals surface area (Å²) in [7, 11) is 0. The van der Waals surface area contributed by atoms with Gasteiger partial charge < -0.3 is 15.0 Å². The number of aryl methyl sites for hydroxylation is 1. The molecule has 0 radical (unpaired) electrons. The summed E-state index contributed by atoms with van der Waals surface area (Å²) in [6.07, 6.45) is 3.77. The van der Waals surface area contributed by atoms with E-state index in [1.165, 1.54) is 0 Å². The number of aliphatic hydroxyl groups is 1. The summed E-state index contributed by atoms with van der Waals surface area (Å²) < 4.78 is 2.09. The molecule has 0 spiro atoms. The Morgan fingerprint density at radius 2 is 2.11 bits per heavy atom. The maximum absolute atomic E-state index is 9.41. The van der Waals surface area contributed by atoms with Crippen LogP contribution in [0.25, 0.3) is 0 Å². The molecule has 0 bridgehead atoms. The number of imidazole rings is 1. The lowest BCUT2D eigenvalue weighted by Gasteiger charge is -2.17. The maximum Gasteiger partial charge on any atom is 0.105 e. The van der Waals surface area contributed by atoms with Crippen molar-refractivity contribution in [3.63, 3.8) is 0 Å². The van der Waals surface area contributed by atoms with E-state index in [1.54, 1.807) is 6.20 Å². The topological polar surface area (TPSA) is 50.1 Å². The summed E-state index contributed by atoms with van der Waals surface area (Å²) in [5.74, 6) is 1.01. The van der Waals surface area contributed by atoms with E-state index in [2.05, 4.69) is 14.9 Å². The first-order valence-corrected chi connectivity index (χ1v) is 6.18. The first-order chi connectivity index (χ1) is 8.81. The van der Waals surface area contributed by atoms with E-state index in [-0.39, 0.29) is 12.6 Å². The SMILES string of the molecule is Cc1nccn1CCNC(CO)c1ccccc1. The number of nitrogens with one attached hydrogen (secondary N) is 1. The van der Waals surface area contributed by atoms with Crippen molar-refractivity contribution in [1.29, 1.82) is 0 Å². The van der Waals surface area contributed by atoms with Gasteiger partial charge in [-0.1, -0.05) is 30.3 Å². The standard InChI is InChI=1S/C14H19N3O/c1-12-15-7-9-17(12)10-8-16-14(11-18)13-5-3-2-4-6-13/h2-7,9,14,16,18H,8,10-11H2,1H3.